The fourth-order valence-corrected chi connectivity index (χ4v) is 4.38. The Morgan fingerprint density at radius 2 is 1.71 bits per heavy atom. The first-order valence-electron chi connectivity index (χ1n) is 10.5. The molecule has 3 aromatic rings. The number of carbonyl (C=O) groups is 2. The third-order valence-electron chi connectivity index (χ3n) is 4.99. The molecule has 8 heteroatoms. The van der Waals surface area contributed by atoms with Crippen molar-refractivity contribution in [1.29, 1.82) is 0 Å². The topological polar surface area (TPSA) is 65.1 Å². The molecular formula is C26H22BrNO5S. The number of hydrogen-bond donors (Lipinski definition) is 0. The number of para-hydroxylation sites is 1. The van der Waals surface area contributed by atoms with Gasteiger partial charge in [-0.1, -0.05) is 52.3 Å². The molecule has 34 heavy (non-hydrogen) atoms. The van der Waals surface area contributed by atoms with Crippen LogP contribution < -0.4 is 14.2 Å². The Labute approximate surface area is 210 Å². The van der Waals surface area contributed by atoms with Gasteiger partial charge in [0.15, 0.2) is 11.5 Å². The average molecular weight is 540 g/mol. The van der Waals surface area contributed by atoms with Crippen LogP contribution in [0.3, 0.4) is 0 Å². The second-order valence-corrected chi connectivity index (χ2v) is 9.23. The Balaban J connectivity index is 1.39. The molecule has 0 spiro atoms. The molecule has 1 heterocycles. The van der Waals surface area contributed by atoms with Gasteiger partial charge >= 0.3 is 0 Å². The first-order chi connectivity index (χ1) is 16.5. The van der Waals surface area contributed by atoms with E-state index in [1.165, 1.54) is 4.90 Å². The second kappa shape index (κ2) is 11.3. The van der Waals surface area contributed by atoms with Gasteiger partial charge in [-0.25, -0.2) is 0 Å². The number of methoxy groups -OCH3 is 1. The Kier molecular flexibility index (Phi) is 7.92. The van der Waals surface area contributed by atoms with Crippen LogP contribution in [0.25, 0.3) is 6.08 Å². The van der Waals surface area contributed by atoms with Crippen molar-refractivity contribution in [3.63, 3.8) is 0 Å². The lowest BCUT2D eigenvalue weighted by Gasteiger charge is -2.13. The molecule has 6 nitrogen and oxygen atoms in total. The quantitative estimate of drug-likeness (QED) is 0.304. The monoisotopic (exact) mass is 539 g/mol. The van der Waals surface area contributed by atoms with Crippen LogP contribution in [0.4, 0.5) is 4.79 Å². The summed E-state index contributed by atoms with van der Waals surface area (Å²) >= 11 is 4.34. The third kappa shape index (κ3) is 6.01. The maximum absolute atomic E-state index is 12.8. The van der Waals surface area contributed by atoms with E-state index in [0.29, 0.717) is 28.8 Å². The minimum Gasteiger partial charge on any atom is -0.493 e. The van der Waals surface area contributed by atoms with Gasteiger partial charge in [-0.3, -0.25) is 14.5 Å². The van der Waals surface area contributed by atoms with Crippen LogP contribution in [0, 0.1) is 0 Å². The van der Waals surface area contributed by atoms with Crippen LogP contribution in [0.2, 0.25) is 0 Å². The Bertz CT molecular complexity index is 1200. The molecule has 0 atom stereocenters. The van der Waals surface area contributed by atoms with Crippen LogP contribution in [0.5, 0.6) is 17.2 Å². The molecule has 3 aromatic carbocycles. The smallest absolute Gasteiger partial charge is 0.293 e. The van der Waals surface area contributed by atoms with E-state index in [1.54, 1.807) is 25.3 Å². The molecule has 0 aliphatic carbocycles. The lowest BCUT2D eigenvalue weighted by molar-refractivity contribution is -0.123. The van der Waals surface area contributed by atoms with Gasteiger partial charge in [-0.2, -0.15) is 0 Å². The Morgan fingerprint density at radius 1 is 0.941 bits per heavy atom. The molecule has 1 fully saturated rings. The highest BCUT2D eigenvalue weighted by molar-refractivity contribution is 9.10. The van der Waals surface area contributed by atoms with Crippen molar-refractivity contribution in [2.75, 3.05) is 20.3 Å². The van der Waals surface area contributed by atoms with Crippen LogP contribution in [0.1, 0.15) is 11.1 Å². The minimum absolute atomic E-state index is 0.184. The standard InChI is InChI=1S/C26H22BrNO5S/c1-31-23-15-19(9-12-22(23)33-17-18-7-10-20(27)11-8-18)16-24-25(29)28(26(30)34-24)13-14-32-21-5-3-2-4-6-21/h2-12,15-16H,13-14,17H2,1H3/b24-16-. The summed E-state index contributed by atoms with van der Waals surface area (Å²) in [5.41, 5.74) is 1.76. The normalized spacial score (nSPS) is 14.5. The van der Waals surface area contributed by atoms with Crippen molar-refractivity contribution in [1.82, 2.24) is 4.90 Å². The number of amides is 2. The van der Waals surface area contributed by atoms with Crippen LogP contribution in [-0.2, 0) is 11.4 Å². The molecule has 4 rings (SSSR count). The summed E-state index contributed by atoms with van der Waals surface area (Å²) in [5, 5.41) is -0.311. The third-order valence-corrected chi connectivity index (χ3v) is 6.43. The minimum atomic E-state index is -0.332. The van der Waals surface area contributed by atoms with Gasteiger partial charge < -0.3 is 14.2 Å². The number of carbonyl (C=O) groups excluding carboxylic acids is 2. The lowest BCUT2D eigenvalue weighted by atomic mass is 10.1. The highest BCUT2D eigenvalue weighted by Gasteiger charge is 2.34. The molecule has 1 aliphatic rings. The second-order valence-electron chi connectivity index (χ2n) is 7.32. The summed E-state index contributed by atoms with van der Waals surface area (Å²) < 4.78 is 18.0. The van der Waals surface area contributed by atoms with Gasteiger partial charge in [-0.15, -0.1) is 0 Å². The first-order valence-corrected chi connectivity index (χ1v) is 12.1. The summed E-state index contributed by atoms with van der Waals surface area (Å²) in [7, 11) is 1.56. The Morgan fingerprint density at radius 3 is 2.44 bits per heavy atom. The summed E-state index contributed by atoms with van der Waals surface area (Å²) in [6.07, 6.45) is 1.68. The highest BCUT2D eigenvalue weighted by Crippen LogP contribution is 2.34. The molecule has 2 amide bonds. The SMILES string of the molecule is COc1cc(/C=C2\SC(=O)N(CCOc3ccccc3)C2=O)ccc1OCc1ccc(Br)cc1. The summed E-state index contributed by atoms with van der Waals surface area (Å²) in [4.78, 5) is 26.7. The molecule has 174 valence electrons. The maximum Gasteiger partial charge on any atom is 0.293 e. The number of benzene rings is 3. The fraction of sp³-hybridized carbons (Fsp3) is 0.154. The van der Waals surface area contributed by atoms with E-state index in [-0.39, 0.29) is 24.3 Å². The van der Waals surface area contributed by atoms with Gasteiger partial charge in [0.2, 0.25) is 0 Å². The number of halogens is 1. The average Bonchev–Trinajstić information content (AvgIpc) is 3.12. The van der Waals surface area contributed by atoms with Gasteiger partial charge in [-0.05, 0) is 65.4 Å². The summed E-state index contributed by atoms with van der Waals surface area (Å²) in [6, 6.07) is 22.5. The zero-order valence-corrected chi connectivity index (χ0v) is 20.8. The molecule has 1 aliphatic heterocycles. The molecular weight excluding hydrogens is 518 g/mol. The van der Waals surface area contributed by atoms with Gasteiger partial charge in [0, 0.05) is 4.47 Å². The van der Waals surface area contributed by atoms with Crippen molar-refractivity contribution >= 4 is 44.9 Å². The maximum atomic E-state index is 12.8. The highest BCUT2D eigenvalue weighted by atomic mass is 79.9. The number of imide groups is 1. The van der Waals surface area contributed by atoms with Crippen molar-refractivity contribution in [2.45, 2.75) is 6.61 Å². The lowest BCUT2D eigenvalue weighted by Crippen LogP contribution is -2.32. The molecule has 0 unspecified atom stereocenters. The number of thioether (sulfide) groups is 1. The molecule has 0 saturated carbocycles. The molecule has 0 N–H and O–H groups in total. The van der Waals surface area contributed by atoms with Gasteiger partial charge in [0.1, 0.15) is 19.0 Å². The van der Waals surface area contributed by atoms with Gasteiger partial charge in [0.05, 0.1) is 18.6 Å². The molecule has 0 bridgehead atoms. The molecule has 0 aromatic heterocycles. The summed E-state index contributed by atoms with van der Waals surface area (Å²) in [6.45, 7) is 0.809. The van der Waals surface area contributed by atoms with E-state index in [4.69, 9.17) is 14.2 Å². The zero-order chi connectivity index (χ0) is 23.9. The van der Waals surface area contributed by atoms with Crippen LogP contribution >= 0.6 is 27.7 Å². The van der Waals surface area contributed by atoms with Crippen molar-refractivity contribution in [3.8, 4) is 17.2 Å². The largest absolute Gasteiger partial charge is 0.493 e. The molecule has 0 radical (unpaired) electrons. The number of nitrogens with zero attached hydrogens (tertiary/aromatic N) is 1. The predicted molar refractivity (Wildman–Crippen MR) is 136 cm³/mol. The van der Waals surface area contributed by atoms with Gasteiger partial charge in [0.25, 0.3) is 11.1 Å². The number of ether oxygens (including phenoxy) is 3. The van der Waals surface area contributed by atoms with E-state index in [2.05, 4.69) is 15.9 Å². The zero-order valence-electron chi connectivity index (χ0n) is 18.4. The van der Waals surface area contributed by atoms with Crippen molar-refractivity contribution in [2.24, 2.45) is 0 Å². The van der Waals surface area contributed by atoms with E-state index in [0.717, 1.165) is 27.4 Å². The number of hydrogen-bond acceptors (Lipinski definition) is 6. The predicted octanol–water partition coefficient (Wildman–Crippen LogP) is 6.15. The van der Waals surface area contributed by atoms with Crippen molar-refractivity contribution < 1.29 is 23.8 Å². The van der Waals surface area contributed by atoms with Crippen LogP contribution in [0.15, 0.2) is 82.2 Å². The Hall–Kier alpha value is -3.23. The fourth-order valence-electron chi connectivity index (χ4n) is 3.25. The molecule has 1 saturated heterocycles. The number of rotatable bonds is 9. The van der Waals surface area contributed by atoms with E-state index >= 15 is 0 Å². The van der Waals surface area contributed by atoms with E-state index < -0.39 is 0 Å². The van der Waals surface area contributed by atoms with E-state index in [1.807, 2.05) is 60.7 Å². The summed E-state index contributed by atoms with van der Waals surface area (Å²) in [5.74, 6) is 1.50. The van der Waals surface area contributed by atoms with E-state index in [9.17, 15) is 9.59 Å². The van der Waals surface area contributed by atoms with Crippen LogP contribution in [-0.4, -0.2) is 36.3 Å². The van der Waals surface area contributed by atoms with Crippen molar-refractivity contribution in [3.05, 3.63) is 93.3 Å². The first kappa shape index (κ1) is 23.9.